The van der Waals surface area contributed by atoms with Crippen LogP contribution in [-0.2, 0) is 0 Å². The number of hydrogen-bond acceptors (Lipinski definition) is 6. The van der Waals surface area contributed by atoms with Crippen molar-refractivity contribution in [3.63, 3.8) is 0 Å². The fourth-order valence-corrected chi connectivity index (χ4v) is 2.56. The van der Waals surface area contributed by atoms with E-state index in [1.165, 1.54) is 13.1 Å². The smallest absolute Gasteiger partial charge is 0.266 e. The van der Waals surface area contributed by atoms with E-state index in [4.69, 9.17) is 0 Å². The van der Waals surface area contributed by atoms with Gasteiger partial charge in [0.15, 0.2) is 5.69 Å². The summed E-state index contributed by atoms with van der Waals surface area (Å²) in [4.78, 5) is 29.1. The number of hydrogen-bond donors (Lipinski definition) is 1. The number of nitriles is 1. The molecule has 1 aromatic carbocycles. The zero-order valence-corrected chi connectivity index (χ0v) is 15.2. The number of rotatable bonds is 4. The van der Waals surface area contributed by atoms with E-state index in [-0.39, 0.29) is 16.8 Å². The Hall–Kier alpha value is -4.12. The van der Waals surface area contributed by atoms with E-state index in [0.29, 0.717) is 11.3 Å². The number of nitrogens with zero attached hydrogens (tertiary/aromatic N) is 5. The molecule has 0 saturated heterocycles. The molecule has 3 aromatic rings. The third-order valence-electron chi connectivity index (χ3n) is 3.97. The summed E-state index contributed by atoms with van der Waals surface area (Å²) in [5.41, 5.74) is 3.87. The van der Waals surface area contributed by atoms with Gasteiger partial charge in [0.05, 0.1) is 11.9 Å². The van der Waals surface area contributed by atoms with Crippen LogP contribution in [0.3, 0.4) is 0 Å². The minimum absolute atomic E-state index is 0.0546. The van der Waals surface area contributed by atoms with Crippen LogP contribution in [0.25, 0.3) is 5.69 Å². The normalized spacial score (nSPS) is 10.6. The van der Waals surface area contributed by atoms with Crippen LogP contribution >= 0.6 is 0 Å². The maximum absolute atomic E-state index is 12.6. The van der Waals surface area contributed by atoms with Gasteiger partial charge in [0.25, 0.3) is 11.5 Å². The largest absolute Gasteiger partial charge is 0.292 e. The fraction of sp³-hybridized carbons (Fsp3) is 0.100. The van der Waals surface area contributed by atoms with Gasteiger partial charge >= 0.3 is 0 Å². The van der Waals surface area contributed by atoms with Gasteiger partial charge in [0.1, 0.15) is 11.6 Å². The molecule has 2 aromatic heterocycles. The molecular formula is C20H16N6O2. The number of nitrogens with one attached hydrogen (secondary N) is 1. The molecule has 0 aliphatic heterocycles. The van der Waals surface area contributed by atoms with Crippen molar-refractivity contribution in [1.82, 2.24) is 20.2 Å². The molecule has 2 heterocycles. The first-order chi connectivity index (χ1) is 13.5. The van der Waals surface area contributed by atoms with E-state index in [0.717, 1.165) is 10.2 Å². The van der Waals surface area contributed by atoms with E-state index in [2.05, 4.69) is 20.6 Å². The predicted octanol–water partition coefficient (Wildman–Crippen LogP) is 1.88. The predicted molar refractivity (Wildman–Crippen MR) is 103 cm³/mol. The van der Waals surface area contributed by atoms with Crippen molar-refractivity contribution in [1.29, 1.82) is 5.26 Å². The van der Waals surface area contributed by atoms with Gasteiger partial charge in [-0.1, -0.05) is 18.2 Å². The molecule has 0 aliphatic carbocycles. The summed E-state index contributed by atoms with van der Waals surface area (Å²) in [6.45, 7) is 3.38. The lowest BCUT2D eigenvalue weighted by Gasteiger charge is -2.11. The average Bonchev–Trinajstić information content (AvgIpc) is 2.69. The fourth-order valence-electron chi connectivity index (χ4n) is 2.56. The summed E-state index contributed by atoms with van der Waals surface area (Å²) in [6, 6.07) is 12.4. The van der Waals surface area contributed by atoms with Crippen molar-refractivity contribution in [3.8, 4) is 11.8 Å². The third-order valence-corrected chi connectivity index (χ3v) is 3.97. The van der Waals surface area contributed by atoms with Gasteiger partial charge in [-0.3, -0.25) is 14.6 Å². The van der Waals surface area contributed by atoms with Crippen LogP contribution in [0.4, 0.5) is 0 Å². The molecular weight excluding hydrogens is 356 g/mol. The van der Waals surface area contributed by atoms with Crippen LogP contribution in [0.2, 0.25) is 0 Å². The Morgan fingerprint density at radius 1 is 1.29 bits per heavy atom. The Balaban J connectivity index is 2.00. The lowest BCUT2D eigenvalue weighted by molar-refractivity contribution is 0.0947. The quantitative estimate of drug-likeness (QED) is 0.555. The van der Waals surface area contributed by atoms with Crippen molar-refractivity contribution >= 4 is 12.1 Å². The number of carbonyl (C=O) groups is 1. The van der Waals surface area contributed by atoms with Crippen molar-refractivity contribution in [2.45, 2.75) is 13.8 Å². The summed E-state index contributed by atoms with van der Waals surface area (Å²) in [6.07, 6.45) is 4.65. The lowest BCUT2D eigenvalue weighted by atomic mass is 10.1. The van der Waals surface area contributed by atoms with Crippen LogP contribution in [0.15, 0.2) is 58.7 Å². The van der Waals surface area contributed by atoms with Gasteiger partial charge in [-0.2, -0.15) is 20.1 Å². The minimum Gasteiger partial charge on any atom is -0.266 e. The van der Waals surface area contributed by atoms with E-state index in [9.17, 15) is 14.9 Å². The van der Waals surface area contributed by atoms with Crippen molar-refractivity contribution < 1.29 is 4.79 Å². The molecule has 28 heavy (non-hydrogen) atoms. The molecule has 0 unspecified atom stereocenters. The van der Waals surface area contributed by atoms with E-state index in [1.807, 2.05) is 19.1 Å². The molecule has 1 N–H and O–H groups in total. The first-order valence-electron chi connectivity index (χ1n) is 8.35. The molecule has 0 bridgehead atoms. The second-order valence-corrected chi connectivity index (χ2v) is 6.00. The van der Waals surface area contributed by atoms with E-state index >= 15 is 0 Å². The molecule has 0 aliphatic rings. The monoisotopic (exact) mass is 372 g/mol. The summed E-state index contributed by atoms with van der Waals surface area (Å²) >= 11 is 0. The number of hydrazone groups is 1. The number of aromatic nitrogens is 3. The molecule has 138 valence electrons. The molecule has 0 spiro atoms. The van der Waals surface area contributed by atoms with Crippen LogP contribution in [-0.4, -0.2) is 26.9 Å². The maximum Gasteiger partial charge on any atom is 0.292 e. The Morgan fingerprint density at radius 3 is 2.79 bits per heavy atom. The first-order valence-corrected chi connectivity index (χ1v) is 8.35. The third kappa shape index (κ3) is 3.83. The second kappa shape index (κ2) is 8.05. The number of aryl methyl sites for hydroxylation is 1. The van der Waals surface area contributed by atoms with Gasteiger partial charge < -0.3 is 0 Å². The highest BCUT2D eigenvalue weighted by atomic mass is 16.2. The van der Waals surface area contributed by atoms with Crippen LogP contribution in [0, 0.1) is 25.2 Å². The van der Waals surface area contributed by atoms with E-state index < -0.39 is 11.5 Å². The number of pyridine rings is 1. The molecule has 0 atom stereocenters. The van der Waals surface area contributed by atoms with Crippen LogP contribution in [0.5, 0.6) is 0 Å². The van der Waals surface area contributed by atoms with E-state index in [1.54, 1.807) is 42.7 Å². The zero-order valence-electron chi connectivity index (χ0n) is 15.2. The van der Waals surface area contributed by atoms with Crippen molar-refractivity contribution in [2.75, 3.05) is 0 Å². The summed E-state index contributed by atoms with van der Waals surface area (Å²) in [5, 5.41) is 17.4. The summed E-state index contributed by atoms with van der Waals surface area (Å²) in [7, 11) is 0. The topological polar surface area (TPSA) is 113 Å². The summed E-state index contributed by atoms with van der Waals surface area (Å²) < 4.78 is 1.05. The van der Waals surface area contributed by atoms with Crippen molar-refractivity contribution in [2.24, 2.45) is 5.10 Å². The number of benzene rings is 1. The van der Waals surface area contributed by atoms with Gasteiger partial charge in [-0.15, -0.1) is 0 Å². The second-order valence-electron chi connectivity index (χ2n) is 6.00. The molecule has 3 rings (SSSR count). The number of carbonyl (C=O) groups excluding carboxylic acids is 1. The van der Waals surface area contributed by atoms with Crippen molar-refractivity contribution in [3.05, 3.63) is 87.1 Å². The highest BCUT2D eigenvalue weighted by Crippen LogP contribution is 2.11. The molecule has 0 saturated carbocycles. The zero-order chi connectivity index (χ0) is 20.1. The molecule has 8 nitrogen and oxygen atoms in total. The van der Waals surface area contributed by atoms with Gasteiger partial charge in [-0.25, -0.2) is 5.43 Å². The first kappa shape index (κ1) is 18.7. The SMILES string of the molecule is Cc1cccc(-n2nc(C(=O)N/N=C\c3cccnc3)c(C)c(C#N)c2=O)c1. The maximum atomic E-state index is 12.6. The van der Waals surface area contributed by atoms with Crippen LogP contribution < -0.4 is 11.0 Å². The Morgan fingerprint density at radius 2 is 2.11 bits per heavy atom. The Bertz CT molecular complexity index is 1160. The molecule has 0 fully saturated rings. The molecule has 1 amide bonds. The average molecular weight is 372 g/mol. The Labute approximate surface area is 160 Å². The number of amides is 1. The molecule has 8 heteroatoms. The van der Waals surface area contributed by atoms with Gasteiger partial charge in [0.2, 0.25) is 0 Å². The highest BCUT2D eigenvalue weighted by molar-refractivity contribution is 5.94. The van der Waals surface area contributed by atoms with Gasteiger partial charge in [0, 0.05) is 23.5 Å². The van der Waals surface area contributed by atoms with Gasteiger partial charge in [-0.05, 0) is 37.6 Å². The summed E-state index contributed by atoms with van der Waals surface area (Å²) in [5.74, 6) is -0.629. The standard InChI is InChI=1S/C20H16N6O2/c1-13-5-3-7-16(9-13)26-20(28)17(10-21)14(2)18(25-26)19(27)24-23-12-15-6-4-8-22-11-15/h3-9,11-12H,1-2H3,(H,24,27)/b23-12-. The van der Waals surface area contributed by atoms with Crippen LogP contribution in [0.1, 0.15) is 32.7 Å². The Kier molecular flexibility index (Phi) is 5.37. The minimum atomic E-state index is -0.629. The lowest BCUT2D eigenvalue weighted by Crippen LogP contribution is -2.31. The highest BCUT2D eigenvalue weighted by Gasteiger charge is 2.20. The molecule has 0 radical (unpaired) electrons.